The zero-order valence-electron chi connectivity index (χ0n) is 9.98. The molecule has 2 saturated carbocycles. The second-order valence-corrected chi connectivity index (χ2v) is 5.22. The number of rotatable bonds is 4. The molecule has 2 rings (SSSR count). The maximum absolute atomic E-state index is 11.6. The fraction of sp³-hybridized carbons (Fsp3) is 0.917. The molecular weight excluding hydrogens is 204 g/mol. The molecule has 0 saturated heterocycles. The summed E-state index contributed by atoms with van der Waals surface area (Å²) in [6.07, 6.45) is 5.93. The van der Waals surface area contributed by atoms with Crippen molar-refractivity contribution < 1.29 is 9.90 Å². The molecular formula is C12H22N2O2. The van der Waals surface area contributed by atoms with Gasteiger partial charge in [0.25, 0.3) is 0 Å². The van der Waals surface area contributed by atoms with Crippen LogP contribution in [-0.2, 0) is 4.79 Å². The highest BCUT2D eigenvalue weighted by Crippen LogP contribution is 2.22. The standard InChI is InChI=1S/C12H22N2O2/c1-14(8-12(16)13-9-2-3-9)10-4-6-11(15)7-5-10/h9-11,15H,2-8H2,1H3,(H,13,16). The summed E-state index contributed by atoms with van der Waals surface area (Å²) >= 11 is 0. The molecule has 0 radical (unpaired) electrons. The molecule has 16 heavy (non-hydrogen) atoms. The summed E-state index contributed by atoms with van der Waals surface area (Å²) in [6, 6.07) is 0.919. The number of carbonyl (C=O) groups excluding carboxylic acids is 1. The third-order valence-electron chi connectivity index (χ3n) is 3.63. The lowest BCUT2D eigenvalue weighted by Gasteiger charge is -2.32. The van der Waals surface area contributed by atoms with Crippen LogP contribution in [0.25, 0.3) is 0 Å². The van der Waals surface area contributed by atoms with Gasteiger partial charge < -0.3 is 10.4 Å². The normalized spacial score (nSPS) is 30.4. The lowest BCUT2D eigenvalue weighted by Crippen LogP contribution is -2.43. The number of hydrogen-bond donors (Lipinski definition) is 2. The molecule has 0 spiro atoms. The molecule has 2 N–H and O–H groups in total. The van der Waals surface area contributed by atoms with Crippen LogP contribution in [0, 0.1) is 0 Å². The predicted molar refractivity (Wildman–Crippen MR) is 62.1 cm³/mol. The summed E-state index contributed by atoms with van der Waals surface area (Å²) in [7, 11) is 2.01. The Morgan fingerprint density at radius 1 is 1.25 bits per heavy atom. The Labute approximate surface area is 97.0 Å². The van der Waals surface area contributed by atoms with Gasteiger partial charge in [0.2, 0.25) is 5.91 Å². The monoisotopic (exact) mass is 226 g/mol. The summed E-state index contributed by atoms with van der Waals surface area (Å²) in [4.78, 5) is 13.7. The summed E-state index contributed by atoms with van der Waals surface area (Å²) in [6.45, 7) is 0.497. The molecule has 0 aromatic rings. The van der Waals surface area contributed by atoms with Crippen molar-refractivity contribution in [2.24, 2.45) is 0 Å². The van der Waals surface area contributed by atoms with Crippen molar-refractivity contribution in [3.8, 4) is 0 Å². The van der Waals surface area contributed by atoms with E-state index in [1.807, 2.05) is 7.05 Å². The van der Waals surface area contributed by atoms with Gasteiger partial charge in [-0.25, -0.2) is 0 Å². The van der Waals surface area contributed by atoms with Gasteiger partial charge in [-0.2, -0.15) is 0 Å². The van der Waals surface area contributed by atoms with Crippen LogP contribution in [0.4, 0.5) is 0 Å². The SMILES string of the molecule is CN(CC(=O)NC1CC1)C1CCC(O)CC1. The summed E-state index contributed by atoms with van der Waals surface area (Å²) in [5, 5.41) is 12.4. The first-order valence-corrected chi connectivity index (χ1v) is 6.33. The predicted octanol–water partition coefficient (Wildman–Crippen LogP) is 0.500. The van der Waals surface area contributed by atoms with E-state index in [2.05, 4.69) is 10.2 Å². The van der Waals surface area contributed by atoms with E-state index in [1.54, 1.807) is 0 Å². The highest BCUT2D eigenvalue weighted by Gasteiger charge is 2.26. The van der Waals surface area contributed by atoms with Gasteiger partial charge in [0.15, 0.2) is 0 Å². The molecule has 0 unspecified atom stereocenters. The fourth-order valence-corrected chi connectivity index (χ4v) is 2.36. The fourth-order valence-electron chi connectivity index (χ4n) is 2.36. The molecule has 0 atom stereocenters. The van der Waals surface area contributed by atoms with Crippen molar-refractivity contribution in [1.82, 2.24) is 10.2 Å². The molecule has 0 heterocycles. The zero-order valence-corrected chi connectivity index (χ0v) is 9.98. The number of likely N-dealkylation sites (N-methyl/N-ethyl adjacent to an activating group) is 1. The van der Waals surface area contributed by atoms with E-state index < -0.39 is 0 Å². The Bertz CT molecular complexity index is 245. The minimum absolute atomic E-state index is 0.120. The van der Waals surface area contributed by atoms with E-state index in [0.717, 1.165) is 38.5 Å². The zero-order chi connectivity index (χ0) is 11.5. The maximum atomic E-state index is 11.6. The number of amides is 1. The highest BCUT2D eigenvalue weighted by molar-refractivity contribution is 5.78. The van der Waals surface area contributed by atoms with E-state index in [-0.39, 0.29) is 12.0 Å². The second kappa shape index (κ2) is 5.15. The molecule has 92 valence electrons. The van der Waals surface area contributed by atoms with Gasteiger partial charge in [0.1, 0.15) is 0 Å². The van der Waals surface area contributed by atoms with Gasteiger partial charge in [-0.3, -0.25) is 9.69 Å². The summed E-state index contributed by atoms with van der Waals surface area (Å²) in [5.74, 6) is 0.149. The van der Waals surface area contributed by atoms with Crippen LogP contribution in [0.3, 0.4) is 0 Å². The molecule has 2 aliphatic carbocycles. The minimum atomic E-state index is -0.120. The van der Waals surface area contributed by atoms with Crippen molar-refractivity contribution in [2.75, 3.05) is 13.6 Å². The molecule has 0 aromatic heterocycles. The maximum Gasteiger partial charge on any atom is 0.234 e. The minimum Gasteiger partial charge on any atom is -0.393 e. The van der Waals surface area contributed by atoms with Crippen LogP contribution >= 0.6 is 0 Å². The first-order valence-electron chi connectivity index (χ1n) is 6.33. The highest BCUT2D eigenvalue weighted by atomic mass is 16.3. The van der Waals surface area contributed by atoms with Crippen LogP contribution in [0.5, 0.6) is 0 Å². The van der Waals surface area contributed by atoms with Gasteiger partial charge in [0.05, 0.1) is 12.6 Å². The van der Waals surface area contributed by atoms with Crippen LogP contribution < -0.4 is 5.32 Å². The van der Waals surface area contributed by atoms with Gasteiger partial charge in [0, 0.05) is 12.1 Å². The molecule has 0 bridgehead atoms. The van der Waals surface area contributed by atoms with Crippen LogP contribution in [0.1, 0.15) is 38.5 Å². The molecule has 0 aliphatic heterocycles. The molecule has 1 amide bonds. The average Bonchev–Trinajstić information content (AvgIpc) is 3.02. The van der Waals surface area contributed by atoms with Crippen molar-refractivity contribution >= 4 is 5.91 Å². The van der Waals surface area contributed by atoms with Gasteiger partial charge in [-0.1, -0.05) is 0 Å². The van der Waals surface area contributed by atoms with Crippen molar-refractivity contribution in [2.45, 2.75) is 56.7 Å². The number of hydrogen-bond acceptors (Lipinski definition) is 3. The average molecular weight is 226 g/mol. The van der Waals surface area contributed by atoms with E-state index in [0.29, 0.717) is 18.6 Å². The van der Waals surface area contributed by atoms with Gasteiger partial charge in [-0.05, 0) is 45.6 Å². The van der Waals surface area contributed by atoms with E-state index in [1.165, 1.54) is 0 Å². The number of aliphatic hydroxyl groups is 1. The Kier molecular flexibility index (Phi) is 3.82. The second-order valence-electron chi connectivity index (χ2n) is 5.22. The van der Waals surface area contributed by atoms with Crippen molar-refractivity contribution in [3.63, 3.8) is 0 Å². The third kappa shape index (κ3) is 3.46. The Hall–Kier alpha value is -0.610. The summed E-state index contributed by atoms with van der Waals surface area (Å²) < 4.78 is 0. The number of nitrogens with one attached hydrogen (secondary N) is 1. The number of aliphatic hydroxyl groups excluding tert-OH is 1. The van der Waals surface area contributed by atoms with E-state index >= 15 is 0 Å². The first kappa shape index (κ1) is 11.9. The molecule has 4 nitrogen and oxygen atoms in total. The van der Waals surface area contributed by atoms with Crippen LogP contribution in [0.2, 0.25) is 0 Å². The lowest BCUT2D eigenvalue weighted by molar-refractivity contribution is -0.122. The van der Waals surface area contributed by atoms with E-state index in [4.69, 9.17) is 0 Å². The molecule has 4 heteroatoms. The smallest absolute Gasteiger partial charge is 0.234 e. The van der Waals surface area contributed by atoms with Crippen molar-refractivity contribution in [3.05, 3.63) is 0 Å². The molecule has 2 aliphatic rings. The van der Waals surface area contributed by atoms with Gasteiger partial charge >= 0.3 is 0 Å². The molecule has 0 aromatic carbocycles. The number of carbonyl (C=O) groups is 1. The Morgan fingerprint density at radius 2 is 1.88 bits per heavy atom. The molecule has 2 fully saturated rings. The van der Waals surface area contributed by atoms with Crippen LogP contribution in [-0.4, -0.2) is 47.7 Å². The Balaban J connectivity index is 1.69. The van der Waals surface area contributed by atoms with E-state index in [9.17, 15) is 9.90 Å². The van der Waals surface area contributed by atoms with Crippen molar-refractivity contribution in [1.29, 1.82) is 0 Å². The first-order chi connectivity index (χ1) is 7.65. The topological polar surface area (TPSA) is 52.6 Å². The van der Waals surface area contributed by atoms with Crippen LogP contribution in [0.15, 0.2) is 0 Å². The lowest BCUT2D eigenvalue weighted by atomic mass is 9.92. The Morgan fingerprint density at radius 3 is 2.44 bits per heavy atom. The largest absolute Gasteiger partial charge is 0.393 e. The quantitative estimate of drug-likeness (QED) is 0.734. The summed E-state index contributed by atoms with van der Waals surface area (Å²) in [5.41, 5.74) is 0. The number of nitrogens with zero attached hydrogens (tertiary/aromatic N) is 1. The van der Waals surface area contributed by atoms with Gasteiger partial charge in [-0.15, -0.1) is 0 Å². The third-order valence-corrected chi connectivity index (χ3v) is 3.63.